The summed E-state index contributed by atoms with van der Waals surface area (Å²) in [5, 5.41) is 13.5. The molecular formula is C19H24N4O3S. The predicted molar refractivity (Wildman–Crippen MR) is 108 cm³/mol. The molecule has 1 fully saturated rings. The lowest BCUT2D eigenvalue weighted by molar-refractivity contribution is -0.380. The number of nitrogens with zero attached hydrogens (tertiary/aromatic N) is 3. The van der Waals surface area contributed by atoms with Crippen LogP contribution in [0.15, 0.2) is 42.5 Å². The second-order valence-corrected chi connectivity index (χ2v) is 7.58. The highest BCUT2D eigenvalue weighted by molar-refractivity contribution is 7.17. The molecular weight excluding hydrogens is 364 g/mol. The van der Waals surface area contributed by atoms with Crippen LogP contribution < -0.4 is 10.2 Å². The van der Waals surface area contributed by atoms with E-state index in [9.17, 15) is 14.9 Å². The maximum Gasteiger partial charge on any atom is 0.324 e. The molecule has 2 aromatic rings. The number of piperazine rings is 1. The molecule has 3 rings (SSSR count). The lowest BCUT2D eigenvalue weighted by Crippen LogP contribution is -2.46. The van der Waals surface area contributed by atoms with Crippen LogP contribution in [0, 0.1) is 10.1 Å². The van der Waals surface area contributed by atoms with Crippen LogP contribution in [0.1, 0.15) is 22.5 Å². The zero-order valence-corrected chi connectivity index (χ0v) is 16.0. The van der Waals surface area contributed by atoms with Gasteiger partial charge in [0, 0.05) is 44.5 Å². The standard InChI is InChI=1S/C19H24N4O3S/c24-19(17-8-9-18(27-17)23(25)26)20-10-4-5-11-21-12-14-22(15-13-21)16-6-2-1-3-7-16/h1-3,6-9H,4-5,10-15H2,(H,20,24). The first-order valence-corrected chi connectivity index (χ1v) is 10.00. The van der Waals surface area contributed by atoms with Gasteiger partial charge in [0.25, 0.3) is 5.91 Å². The fraction of sp³-hybridized carbons (Fsp3) is 0.421. The maximum absolute atomic E-state index is 12.0. The summed E-state index contributed by atoms with van der Waals surface area (Å²) in [7, 11) is 0. The van der Waals surface area contributed by atoms with Crippen molar-refractivity contribution < 1.29 is 9.72 Å². The van der Waals surface area contributed by atoms with Gasteiger partial charge in [-0.05, 0) is 37.6 Å². The Hall–Kier alpha value is -2.45. The summed E-state index contributed by atoms with van der Waals surface area (Å²) in [6, 6.07) is 13.4. The zero-order chi connectivity index (χ0) is 19.1. The van der Waals surface area contributed by atoms with E-state index in [2.05, 4.69) is 39.4 Å². The number of thiophene rings is 1. The Morgan fingerprint density at radius 3 is 2.48 bits per heavy atom. The van der Waals surface area contributed by atoms with Crippen LogP contribution in [0.4, 0.5) is 10.7 Å². The Kier molecular flexibility index (Phi) is 6.78. The molecule has 0 atom stereocenters. The molecule has 1 saturated heterocycles. The van der Waals surface area contributed by atoms with Crippen molar-refractivity contribution in [3.05, 3.63) is 57.5 Å². The summed E-state index contributed by atoms with van der Waals surface area (Å²) in [5.74, 6) is -0.232. The molecule has 1 N–H and O–H groups in total. The molecule has 1 aliphatic heterocycles. The number of hydrogen-bond donors (Lipinski definition) is 1. The van der Waals surface area contributed by atoms with E-state index in [0.717, 1.165) is 56.9 Å². The minimum Gasteiger partial charge on any atom is -0.369 e. The van der Waals surface area contributed by atoms with Gasteiger partial charge < -0.3 is 10.2 Å². The normalized spacial score (nSPS) is 14.9. The molecule has 1 amide bonds. The lowest BCUT2D eigenvalue weighted by atomic mass is 10.2. The van der Waals surface area contributed by atoms with Gasteiger partial charge in [-0.3, -0.25) is 19.8 Å². The van der Waals surface area contributed by atoms with E-state index in [0.29, 0.717) is 11.4 Å². The summed E-state index contributed by atoms with van der Waals surface area (Å²) in [6.45, 7) is 5.81. The molecule has 1 aromatic carbocycles. The summed E-state index contributed by atoms with van der Waals surface area (Å²) >= 11 is 0.910. The van der Waals surface area contributed by atoms with Gasteiger partial charge in [0.1, 0.15) is 0 Å². The first-order valence-electron chi connectivity index (χ1n) is 9.18. The summed E-state index contributed by atoms with van der Waals surface area (Å²) in [6.07, 6.45) is 1.92. The monoisotopic (exact) mass is 388 g/mol. The topological polar surface area (TPSA) is 78.7 Å². The molecule has 27 heavy (non-hydrogen) atoms. The van der Waals surface area contributed by atoms with Crippen molar-refractivity contribution in [3.8, 4) is 0 Å². The molecule has 1 aromatic heterocycles. The Balaban J connectivity index is 1.29. The van der Waals surface area contributed by atoms with Gasteiger partial charge in [0.05, 0.1) is 9.80 Å². The van der Waals surface area contributed by atoms with Crippen LogP contribution in [0.25, 0.3) is 0 Å². The summed E-state index contributed by atoms with van der Waals surface area (Å²) < 4.78 is 0. The molecule has 0 bridgehead atoms. The average Bonchev–Trinajstić information content (AvgIpc) is 3.19. The number of anilines is 1. The van der Waals surface area contributed by atoms with E-state index in [-0.39, 0.29) is 10.9 Å². The van der Waals surface area contributed by atoms with E-state index in [1.807, 2.05) is 6.07 Å². The van der Waals surface area contributed by atoms with Crippen molar-refractivity contribution >= 4 is 27.9 Å². The zero-order valence-electron chi connectivity index (χ0n) is 15.2. The third-order valence-corrected chi connectivity index (χ3v) is 5.71. The van der Waals surface area contributed by atoms with Gasteiger partial charge in [-0.2, -0.15) is 0 Å². The third kappa shape index (κ3) is 5.51. The molecule has 0 unspecified atom stereocenters. The first kappa shape index (κ1) is 19.3. The molecule has 144 valence electrons. The highest BCUT2D eigenvalue weighted by Crippen LogP contribution is 2.23. The summed E-state index contributed by atoms with van der Waals surface area (Å²) in [4.78, 5) is 27.4. The Bertz CT molecular complexity index is 757. The molecule has 8 heteroatoms. The van der Waals surface area contributed by atoms with Crippen molar-refractivity contribution in [2.45, 2.75) is 12.8 Å². The van der Waals surface area contributed by atoms with Gasteiger partial charge in [-0.15, -0.1) is 0 Å². The highest BCUT2D eigenvalue weighted by Gasteiger charge is 2.17. The van der Waals surface area contributed by atoms with Crippen molar-refractivity contribution in [2.75, 3.05) is 44.2 Å². The van der Waals surface area contributed by atoms with Gasteiger partial charge in [0.15, 0.2) is 0 Å². The molecule has 0 saturated carbocycles. The Morgan fingerprint density at radius 1 is 1.07 bits per heavy atom. The number of rotatable bonds is 8. The van der Waals surface area contributed by atoms with Gasteiger partial charge in [-0.1, -0.05) is 29.5 Å². The maximum atomic E-state index is 12.0. The second-order valence-electron chi connectivity index (χ2n) is 6.52. The fourth-order valence-corrected chi connectivity index (χ4v) is 3.90. The number of para-hydroxylation sites is 1. The minimum absolute atomic E-state index is 0.00482. The fourth-order valence-electron chi connectivity index (χ4n) is 3.17. The van der Waals surface area contributed by atoms with E-state index in [1.165, 1.54) is 17.8 Å². The van der Waals surface area contributed by atoms with Crippen LogP contribution in [0.3, 0.4) is 0 Å². The van der Waals surface area contributed by atoms with Crippen molar-refractivity contribution in [2.24, 2.45) is 0 Å². The Labute approximate surface area is 162 Å². The average molecular weight is 388 g/mol. The van der Waals surface area contributed by atoms with Crippen LogP contribution >= 0.6 is 11.3 Å². The molecule has 7 nitrogen and oxygen atoms in total. The number of benzene rings is 1. The minimum atomic E-state index is -0.473. The van der Waals surface area contributed by atoms with Crippen molar-refractivity contribution in [1.29, 1.82) is 0 Å². The van der Waals surface area contributed by atoms with Gasteiger partial charge in [0.2, 0.25) is 0 Å². The molecule has 2 heterocycles. The van der Waals surface area contributed by atoms with E-state index < -0.39 is 4.92 Å². The largest absolute Gasteiger partial charge is 0.369 e. The van der Waals surface area contributed by atoms with Crippen LogP contribution in [0.2, 0.25) is 0 Å². The number of carbonyl (C=O) groups excluding carboxylic acids is 1. The number of nitro groups is 1. The van der Waals surface area contributed by atoms with Crippen LogP contribution in [0.5, 0.6) is 0 Å². The van der Waals surface area contributed by atoms with Gasteiger partial charge in [-0.25, -0.2) is 0 Å². The molecule has 0 radical (unpaired) electrons. The number of unbranched alkanes of at least 4 members (excludes halogenated alkanes) is 1. The first-order chi connectivity index (χ1) is 13.1. The number of amides is 1. The highest BCUT2D eigenvalue weighted by atomic mass is 32.1. The third-order valence-electron chi connectivity index (χ3n) is 4.68. The van der Waals surface area contributed by atoms with Crippen LogP contribution in [-0.4, -0.2) is 55.0 Å². The van der Waals surface area contributed by atoms with E-state index in [1.54, 1.807) is 0 Å². The predicted octanol–water partition coefficient (Wildman–Crippen LogP) is 2.99. The smallest absolute Gasteiger partial charge is 0.324 e. The molecule has 1 aliphatic rings. The van der Waals surface area contributed by atoms with Gasteiger partial charge >= 0.3 is 5.00 Å². The SMILES string of the molecule is O=C(NCCCCN1CCN(c2ccccc2)CC1)c1ccc([N+](=O)[O-])s1. The Morgan fingerprint density at radius 2 is 1.81 bits per heavy atom. The second kappa shape index (κ2) is 9.48. The quantitative estimate of drug-likeness (QED) is 0.427. The van der Waals surface area contributed by atoms with Crippen LogP contribution in [-0.2, 0) is 0 Å². The van der Waals surface area contributed by atoms with E-state index in [4.69, 9.17) is 0 Å². The molecule has 0 spiro atoms. The van der Waals surface area contributed by atoms with Crippen molar-refractivity contribution in [3.63, 3.8) is 0 Å². The number of hydrogen-bond acceptors (Lipinski definition) is 6. The number of carbonyl (C=O) groups is 1. The summed E-state index contributed by atoms with van der Waals surface area (Å²) in [5.41, 5.74) is 1.29. The molecule has 0 aliphatic carbocycles. The van der Waals surface area contributed by atoms with E-state index >= 15 is 0 Å². The lowest BCUT2D eigenvalue weighted by Gasteiger charge is -2.36. The number of nitrogens with one attached hydrogen (secondary N) is 1. The van der Waals surface area contributed by atoms with Crippen molar-refractivity contribution in [1.82, 2.24) is 10.2 Å².